The number of anilines is 1. The molecule has 154 valence electrons. The van der Waals surface area contributed by atoms with E-state index in [9.17, 15) is 9.59 Å². The lowest BCUT2D eigenvalue weighted by Gasteiger charge is -2.11. The molecule has 0 saturated carbocycles. The third-order valence-corrected chi connectivity index (χ3v) is 4.59. The van der Waals surface area contributed by atoms with Crippen molar-refractivity contribution in [3.63, 3.8) is 0 Å². The molecule has 3 aromatic carbocycles. The first-order chi connectivity index (χ1) is 14.7. The Morgan fingerprint density at radius 3 is 2.13 bits per heavy atom. The largest absolute Gasteiger partial charge is 0.445 e. The Kier molecular flexibility index (Phi) is 8.03. The highest BCUT2D eigenvalue weighted by Crippen LogP contribution is 2.19. The molecule has 0 fully saturated rings. The van der Waals surface area contributed by atoms with E-state index in [1.54, 1.807) is 0 Å². The predicted octanol–water partition coefficient (Wildman–Crippen LogP) is 4.92. The minimum atomic E-state index is -0.479. The topological polar surface area (TPSA) is 67.4 Å². The summed E-state index contributed by atoms with van der Waals surface area (Å²) in [5.41, 5.74) is 4.01. The van der Waals surface area contributed by atoms with Gasteiger partial charge in [0.1, 0.15) is 6.61 Å². The molecule has 3 aromatic rings. The monoisotopic (exact) mass is 402 g/mol. The maximum Gasteiger partial charge on any atom is 0.407 e. The van der Waals surface area contributed by atoms with Crippen LogP contribution in [0.2, 0.25) is 0 Å². The van der Waals surface area contributed by atoms with Crippen LogP contribution in [0.4, 0.5) is 10.5 Å². The van der Waals surface area contributed by atoms with E-state index in [-0.39, 0.29) is 12.5 Å². The van der Waals surface area contributed by atoms with Gasteiger partial charge in [-0.05, 0) is 35.6 Å². The third kappa shape index (κ3) is 7.09. The summed E-state index contributed by atoms with van der Waals surface area (Å²) in [5.74, 6) is -0.0741. The number of hydrogen-bond donors (Lipinski definition) is 2. The molecule has 0 aliphatic heterocycles. The Morgan fingerprint density at radius 1 is 0.767 bits per heavy atom. The second-order valence-electron chi connectivity index (χ2n) is 6.96. The number of carbonyl (C=O) groups excluding carboxylic acids is 2. The number of ether oxygens (including phenoxy) is 1. The third-order valence-electron chi connectivity index (χ3n) is 4.59. The lowest BCUT2D eigenvalue weighted by molar-refractivity contribution is -0.116. The molecule has 5 nitrogen and oxygen atoms in total. The average Bonchev–Trinajstić information content (AvgIpc) is 2.78. The van der Waals surface area contributed by atoms with E-state index in [0.717, 1.165) is 23.2 Å². The van der Waals surface area contributed by atoms with Crippen LogP contribution < -0.4 is 10.6 Å². The van der Waals surface area contributed by atoms with Gasteiger partial charge in [-0.2, -0.15) is 0 Å². The zero-order chi connectivity index (χ0) is 21.0. The van der Waals surface area contributed by atoms with Gasteiger partial charge in [0.15, 0.2) is 0 Å². The van der Waals surface area contributed by atoms with Gasteiger partial charge in [-0.25, -0.2) is 4.79 Å². The van der Waals surface area contributed by atoms with Crippen molar-refractivity contribution in [1.82, 2.24) is 5.32 Å². The standard InChI is InChI=1S/C25H26N2O3/c28-24(16-9-17-26-25(29)30-19-21-12-5-2-6-13-21)27-23-15-8-7-14-22(23)18-20-10-3-1-4-11-20/h1-8,10-15H,9,16-19H2,(H,26,29)(H,27,28). The highest BCUT2D eigenvalue weighted by Gasteiger charge is 2.08. The molecule has 0 unspecified atom stereocenters. The number of carbonyl (C=O) groups is 2. The molecule has 0 radical (unpaired) electrons. The summed E-state index contributed by atoms with van der Waals surface area (Å²) in [6.07, 6.45) is 1.13. The first-order valence-electron chi connectivity index (χ1n) is 10.1. The molecule has 2 N–H and O–H groups in total. The van der Waals surface area contributed by atoms with Crippen molar-refractivity contribution in [1.29, 1.82) is 0 Å². The molecular weight excluding hydrogens is 376 g/mol. The normalized spacial score (nSPS) is 10.3. The highest BCUT2D eigenvalue weighted by molar-refractivity contribution is 5.91. The summed E-state index contributed by atoms with van der Waals surface area (Å²) >= 11 is 0. The van der Waals surface area contributed by atoms with E-state index < -0.39 is 6.09 Å². The Hall–Kier alpha value is -3.60. The summed E-state index contributed by atoms with van der Waals surface area (Å²) in [6, 6.07) is 27.5. The summed E-state index contributed by atoms with van der Waals surface area (Å²) in [7, 11) is 0. The Morgan fingerprint density at radius 2 is 1.40 bits per heavy atom. The average molecular weight is 402 g/mol. The molecule has 0 bridgehead atoms. The fourth-order valence-electron chi connectivity index (χ4n) is 3.04. The van der Waals surface area contributed by atoms with Gasteiger partial charge < -0.3 is 15.4 Å². The van der Waals surface area contributed by atoms with Crippen LogP contribution in [0.1, 0.15) is 29.5 Å². The summed E-state index contributed by atoms with van der Waals surface area (Å²) in [6.45, 7) is 0.609. The number of hydrogen-bond acceptors (Lipinski definition) is 3. The number of para-hydroxylation sites is 1. The predicted molar refractivity (Wildman–Crippen MR) is 118 cm³/mol. The van der Waals surface area contributed by atoms with E-state index in [0.29, 0.717) is 19.4 Å². The molecular formula is C25H26N2O3. The fourth-order valence-corrected chi connectivity index (χ4v) is 3.04. The minimum Gasteiger partial charge on any atom is -0.445 e. The number of amides is 2. The molecule has 30 heavy (non-hydrogen) atoms. The second-order valence-corrected chi connectivity index (χ2v) is 6.96. The molecule has 2 amide bonds. The minimum absolute atomic E-state index is 0.0741. The van der Waals surface area contributed by atoms with Crippen molar-refractivity contribution in [3.05, 3.63) is 102 Å². The van der Waals surface area contributed by atoms with Crippen molar-refractivity contribution >= 4 is 17.7 Å². The number of nitrogens with one attached hydrogen (secondary N) is 2. The van der Waals surface area contributed by atoms with Crippen molar-refractivity contribution in [2.24, 2.45) is 0 Å². The van der Waals surface area contributed by atoms with Gasteiger partial charge in [0.2, 0.25) is 5.91 Å². The molecule has 0 aliphatic carbocycles. The van der Waals surface area contributed by atoms with Crippen LogP contribution in [0.5, 0.6) is 0 Å². The molecule has 0 heterocycles. The van der Waals surface area contributed by atoms with Crippen LogP contribution in [-0.2, 0) is 22.6 Å². The van der Waals surface area contributed by atoms with E-state index in [1.165, 1.54) is 5.56 Å². The fraction of sp³-hybridized carbons (Fsp3) is 0.200. The number of alkyl carbamates (subject to hydrolysis) is 1. The summed E-state index contributed by atoms with van der Waals surface area (Å²) in [5, 5.41) is 5.66. The zero-order valence-corrected chi connectivity index (χ0v) is 16.8. The SMILES string of the molecule is O=C(CCCNC(=O)OCc1ccccc1)Nc1ccccc1Cc1ccccc1. The van der Waals surface area contributed by atoms with Gasteiger partial charge in [0.05, 0.1) is 0 Å². The number of rotatable bonds is 9. The second kappa shape index (κ2) is 11.4. The first-order valence-corrected chi connectivity index (χ1v) is 10.1. The van der Waals surface area contributed by atoms with Crippen LogP contribution in [0.15, 0.2) is 84.9 Å². The van der Waals surface area contributed by atoms with Crippen LogP contribution in [0.25, 0.3) is 0 Å². The van der Waals surface area contributed by atoms with E-state index in [2.05, 4.69) is 22.8 Å². The lowest BCUT2D eigenvalue weighted by atomic mass is 10.0. The van der Waals surface area contributed by atoms with Gasteiger partial charge in [0, 0.05) is 18.7 Å². The molecule has 3 rings (SSSR count). The van der Waals surface area contributed by atoms with Gasteiger partial charge in [-0.15, -0.1) is 0 Å². The zero-order valence-electron chi connectivity index (χ0n) is 16.8. The summed E-state index contributed by atoms with van der Waals surface area (Å²) < 4.78 is 5.15. The molecule has 0 aliphatic rings. The highest BCUT2D eigenvalue weighted by atomic mass is 16.5. The number of benzene rings is 3. The smallest absolute Gasteiger partial charge is 0.407 e. The van der Waals surface area contributed by atoms with Crippen molar-refractivity contribution in [2.75, 3.05) is 11.9 Å². The van der Waals surface area contributed by atoms with Crippen LogP contribution in [-0.4, -0.2) is 18.5 Å². The van der Waals surface area contributed by atoms with Gasteiger partial charge >= 0.3 is 6.09 Å². The maximum absolute atomic E-state index is 12.3. The van der Waals surface area contributed by atoms with Crippen LogP contribution in [0.3, 0.4) is 0 Å². The molecule has 0 atom stereocenters. The van der Waals surface area contributed by atoms with E-state index in [1.807, 2.05) is 72.8 Å². The molecule has 5 heteroatoms. The quantitative estimate of drug-likeness (QED) is 0.499. The van der Waals surface area contributed by atoms with Gasteiger partial charge in [-0.3, -0.25) is 4.79 Å². The van der Waals surface area contributed by atoms with Crippen molar-refractivity contribution < 1.29 is 14.3 Å². The van der Waals surface area contributed by atoms with Gasteiger partial charge in [0.25, 0.3) is 0 Å². The van der Waals surface area contributed by atoms with E-state index in [4.69, 9.17) is 4.74 Å². The maximum atomic E-state index is 12.3. The van der Waals surface area contributed by atoms with E-state index >= 15 is 0 Å². The van der Waals surface area contributed by atoms with Crippen LogP contribution >= 0.6 is 0 Å². The van der Waals surface area contributed by atoms with Crippen molar-refractivity contribution in [3.8, 4) is 0 Å². The molecule has 0 aromatic heterocycles. The lowest BCUT2D eigenvalue weighted by Crippen LogP contribution is -2.26. The van der Waals surface area contributed by atoms with Crippen LogP contribution in [0, 0.1) is 0 Å². The van der Waals surface area contributed by atoms with Gasteiger partial charge in [-0.1, -0.05) is 78.9 Å². The summed E-state index contributed by atoms with van der Waals surface area (Å²) in [4.78, 5) is 24.1. The molecule has 0 spiro atoms. The molecule has 0 saturated heterocycles. The first kappa shape index (κ1) is 21.1. The van der Waals surface area contributed by atoms with Crippen molar-refractivity contribution in [2.45, 2.75) is 25.9 Å². The Balaban J connectivity index is 1.38. The Labute approximate surface area is 177 Å². The Bertz CT molecular complexity index is 943.